The Morgan fingerprint density at radius 2 is 2.00 bits per heavy atom. The zero-order valence-corrected chi connectivity index (χ0v) is 16.6. The Morgan fingerprint density at radius 1 is 1.14 bits per heavy atom. The lowest BCUT2D eigenvalue weighted by Crippen LogP contribution is -2.28. The van der Waals surface area contributed by atoms with Gasteiger partial charge in [0.1, 0.15) is 5.82 Å². The molecule has 3 heterocycles. The van der Waals surface area contributed by atoms with Gasteiger partial charge in [-0.15, -0.1) is 22.7 Å². The Bertz CT molecular complexity index is 1080. The van der Waals surface area contributed by atoms with Crippen molar-refractivity contribution in [3.05, 3.63) is 63.6 Å². The second kappa shape index (κ2) is 7.91. The largest absolute Gasteiger partial charge is 0.340 e. The maximum atomic E-state index is 12.5. The summed E-state index contributed by atoms with van der Waals surface area (Å²) in [5.74, 6) is 0.477. The number of likely N-dealkylation sites (N-methyl/N-ethyl adjacent to an activating group) is 1. The van der Waals surface area contributed by atoms with Gasteiger partial charge in [-0.3, -0.25) is 14.9 Å². The molecule has 0 bridgehead atoms. The summed E-state index contributed by atoms with van der Waals surface area (Å²) in [6.07, 6.45) is 0.169. The summed E-state index contributed by atoms with van der Waals surface area (Å²) in [6.45, 7) is 0.389. The van der Waals surface area contributed by atoms with Gasteiger partial charge in [0.05, 0.1) is 34.6 Å². The van der Waals surface area contributed by atoms with Gasteiger partial charge in [0.25, 0.3) is 5.91 Å². The van der Waals surface area contributed by atoms with Crippen molar-refractivity contribution in [2.75, 3.05) is 12.4 Å². The van der Waals surface area contributed by atoms with Gasteiger partial charge in [-0.2, -0.15) is 0 Å². The van der Waals surface area contributed by atoms with Crippen molar-refractivity contribution in [3.8, 4) is 0 Å². The van der Waals surface area contributed by atoms with Crippen molar-refractivity contribution >= 4 is 50.7 Å². The van der Waals surface area contributed by atoms with Crippen molar-refractivity contribution in [2.24, 2.45) is 0 Å². The van der Waals surface area contributed by atoms with Crippen LogP contribution in [-0.2, 0) is 17.8 Å². The van der Waals surface area contributed by atoms with E-state index in [1.807, 2.05) is 35.7 Å². The minimum Gasteiger partial charge on any atom is -0.340 e. The van der Waals surface area contributed by atoms with Gasteiger partial charge in [-0.1, -0.05) is 18.2 Å². The summed E-state index contributed by atoms with van der Waals surface area (Å²) in [7, 11) is 1.74. The Labute approximate surface area is 169 Å². The molecule has 2 N–H and O–H groups in total. The van der Waals surface area contributed by atoms with E-state index in [4.69, 9.17) is 0 Å². The summed E-state index contributed by atoms with van der Waals surface area (Å²) in [6, 6.07) is 11.3. The number of rotatable bonds is 6. The molecule has 142 valence electrons. The number of aromatic amines is 1. The van der Waals surface area contributed by atoms with Crippen LogP contribution in [0.3, 0.4) is 0 Å². The van der Waals surface area contributed by atoms with E-state index < -0.39 is 0 Å². The van der Waals surface area contributed by atoms with Crippen LogP contribution in [0.15, 0.2) is 47.2 Å². The van der Waals surface area contributed by atoms with Crippen LogP contribution in [0.2, 0.25) is 0 Å². The monoisotopic (exact) mass is 411 g/mol. The molecule has 0 aliphatic heterocycles. The maximum Gasteiger partial charge on any atom is 0.267 e. The number of carbonyl (C=O) groups is 2. The first-order valence-corrected chi connectivity index (χ1v) is 10.3. The zero-order valence-electron chi connectivity index (χ0n) is 15.0. The van der Waals surface area contributed by atoms with Crippen LogP contribution in [0.25, 0.3) is 11.0 Å². The van der Waals surface area contributed by atoms with Crippen LogP contribution in [0.5, 0.6) is 0 Å². The molecule has 0 atom stereocenters. The fourth-order valence-corrected chi connectivity index (χ4v) is 4.02. The van der Waals surface area contributed by atoms with Crippen molar-refractivity contribution < 1.29 is 9.59 Å². The quantitative estimate of drug-likeness (QED) is 0.508. The number of para-hydroxylation sites is 2. The molecule has 9 heteroatoms. The van der Waals surface area contributed by atoms with Gasteiger partial charge in [0.15, 0.2) is 5.13 Å². The van der Waals surface area contributed by atoms with Gasteiger partial charge in [0, 0.05) is 12.4 Å². The third-order valence-electron chi connectivity index (χ3n) is 4.10. The van der Waals surface area contributed by atoms with Gasteiger partial charge in [-0.25, -0.2) is 9.97 Å². The molecule has 7 nitrogen and oxygen atoms in total. The Balaban J connectivity index is 1.35. The number of aromatic nitrogens is 3. The first kappa shape index (κ1) is 18.3. The van der Waals surface area contributed by atoms with Crippen LogP contribution < -0.4 is 5.32 Å². The van der Waals surface area contributed by atoms with E-state index in [0.29, 0.717) is 22.2 Å². The van der Waals surface area contributed by atoms with E-state index in [2.05, 4.69) is 20.3 Å². The number of thiazole rings is 1. The number of hydrogen-bond acceptors (Lipinski definition) is 6. The van der Waals surface area contributed by atoms with Gasteiger partial charge >= 0.3 is 0 Å². The number of H-pyrrole nitrogens is 1. The maximum absolute atomic E-state index is 12.5. The summed E-state index contributed by atoms with van der Waals surface area (Å²) in [5.41, 5.74) is 2.46. The third kappa shape index (κ3) is 4.10. The molecule has 0 saturated heterocycles. The highest BCUT2D eigenvalue weighted by molar-refractivity contribution is 7.14. The van der Waals surface area contributed by atoms with Crippen molar-refractivity contribution in [2.45, 2.75) is 13.0 Å². The molecule has 0 spiro atoms. The molecule has 4 aromatic rings. The van der Waals surface area contributed by atoms with E-state index in [1.54, 1.807) is 23.4 Å². The lowest BCUT2D eigenvalue weighted by Gasteiger charge is -2.14. The number of carbonyl (C=O) groups excluding carboxylic acids is 2. The predicted molar refractivity (Wildman–Crippen MR) is 111 cm³/mol. The summed E-state index contributed by atoms with van der Waals surface area (Å²) in [4.78, 5) is 38.9. The molecule has 2 amide bonds. The standard InChI is InChI=1S/C19H17N5O2S2/c1-24(10-16-21-13-5-2-3-6-14(13)22-16)17(25)9-12-11-28-19(20-12)23-18(26)15-7-4-8-27-15/h2-8,11H,9-10H2,1H3,(H,21,22)(H,20,23,26). The number of nitrogens with zero attached hydrogens (tertiary/aromatic N) is 3. The van der Waals surface area contributed by atoms with E-state index in [1.165, 1.54) is 22.7 Å². The number of thiophene rings is 1. The number of anilines is 1. The summed E-state index contributed by atoms with van der Waals surface area (Å²) < 4.78 is 0. The molecular weight excluding hydrogens is 394 g/mol. The molecule has 0 unspecified atom stereocenters. The predicted octanol–water partition coefficient (Wildman–Crippen LogP) is 3.53. The van der Waals surface area contributed by atoms with E-state index in [0.717, 1.165) is 16.9 Å². The van der Waals surface area contributed by atoms with Crippen LogP contribution in [0.1, 0.15) is 21.2 Å². The minimum absolute atomic E-state index is 0.0677. The van der Waals surface area contributed by atoms with E-state index in [9.17, 15) is 9.59 Å². The fraction of sp³-hybridized carbons (Fsp3) is 0.158. The van der Waals surface area contributed by atoms with E-state index in [-0.39, 0.29) is 18.2 Å². The first-order chi connectivity index (χ1) is 13.6. The number of benzene rings is 1. The Morgan fingerprint density at radius 3 is 2.79 bits per heavy atom. The highest BCUT2D eigenvalue weighted by Crippen LogP contribution is 2.19. The number of fused-ring (bicyclic) bond motifs is 1. The molecule has 0 aliphatic carbocycles. The normalized spacial score (nSPS) is 10.9. The number of hydrogen-bond donors (Lipinski definition) is 2. The smallest absolute Gasteiger partial charge is 0.267 e. The topological polar surface area (TPSA) is 91.0 Å². The van der Waals surface area contributed by atoms with Crippen molar-refractivity contribution in [1.82, 2.24) is 19.9 Å². The molecule has 1 aromatic carbocycles. The molecule has 0 saturated carbocycles. The molecule has 3 aromatic heterocycles. The average molecular weight is 412 g/mol. The van der Waals surface area contributed by atoms with Gasteiger partial charge in [0.2, 0.25) is 5.91 Å². The zero-order chi connectivity index (χ0) is 19.5. The second-order valence-corrected chi connectivity index (χ2v) is 8.01. The lowest BCUT2D eigenvalue weighted by atomic mass is 10.3. The van der Waals surface area contributed by atoms with Gasteiger partial charge in [-0.05, 0) is 23.6 Å². The van der Waals surface area contributed by atoms with Crippen LogP contribution in [0.4, 0.5) is 5.13 Å². The number of amides is 2. The van der Waals surface area contributed by atoms with Crippen LogP contribution in [0, 0.1) is 0 Å². The third-order valence-corrected chi connectivity index (χ3v) is 5.78. The minimum atomic E-state index is -0.191. The number of nitrogens with one attached hydrogen (secondary N) is 2. The summed E-state index contributed by atoms with van der Waals surface area (Å²) in [5, 5.41) is 6.88. The summed E-state index contributed by atoms with van der Waals surface area (Å²) >= 11 is 2.68. The molecule has 4 rings (SSSR count). The molecule has 0 aliphatic rings. The molecular formula is C19H17N5O2S2. The Hall–Kier alpha value is -3.04. The SMILES string of the molecule is CN(Cc1nc2ccccc2[nH]1)C(=O)Cc1csc(NC(=O)c2cccs2)n1. The molecule has 0 radical (unpaired) electrons. The van der Waals surface area contributed by atoms with E-state index >= 15 is 0 Å². The van der Waals surface area contributed by atoms with Crippen LogP contribution >= 0.6 is 22.7 Å². The van der Waals surface area contributed by atoms with Gasteiger partial charge < -0.3 is 9.88 Å². The lowest BCUT2D eigenvalue weighted by molar-refractivity contribution is -0.129. The first-order valence-electron chi connectivity index (χ1n) is 8.55. The fourth-order valence-electron chi connectivity index (χ4n) is 2.70. The number of imidazole rings is 1. The second-order valence-electron chi connectivity index (χ2n) is 6.20. The highest BCUT2D eigenvalue weighted by Gasteiger charge is 2.15. The van der Waals surface area contributed by atoms with Crippen LogP contribution in [-0.4, -0.2) is 38.7 Å². The van der Waals surface area contributed by atoms with Crippen molar-refractivity contribution in [3.63, 3.8) is 0 Å². The highest BCUT2D eigenvalue weighted by atomic mass is 32.1. The molecule has 0 fully saturated rings. The molecule has 28 heavy (non-hydrogen) atoms. The van der Waals surface area contributed by atoms with Crippen molar-refractivity contribution in [1.29, 1.82) is 0 Å². The Kier molecular flexibility index (Phi) is 5.18. The average Bonchev–Trinajstić information content (AvgIpc) is 3.42.